The first-order valence-corrected chi connectivity index (χ1v) is 9.68. The number of amides is 1. The van der Waals surface area contributed by atoms with Crippen molar-refractivity contribution in [1.82, 2.24) is 0 Å². The molecule has 1 rings (SSSR count). The molecule has 24 heavy (non-hydrogen) atoms. The third kappa shape index (κ3) is 7.57. The molecular weight excluding hydrogens is 329 g/mol. The molecule has 0 aliphatic rings. The smallest absolute Gasteiger partial charge is 0.307 e. The predicted octanol–water partition coefficient (Wildman–Crippen LogP) is 2.64. The van der Waals surface area contributed by atoms with E-state index in [0.29, 0.717) is 5.57 Å². The molecule has 0 heterocycles. The van der Waals surface area contributed by atoms with E-state index in [9.17, 15) is 19.0 Å². The third-order valence-electron chi connectivity index (χ3n) is 3.58. The van der Waals surface area contributed by atoms with Crippen LogP contribution in [0.15, 0.2) is 29.8 Å². The number of hydrogen-bond acceptors (Lipinski definition) is 3. The van der Waals surface area contributed by atoms with Gasteiger partial charge in [-0.3, -0.25) is 14.2 Å². The first kappa shape index (κ1) is 20.1. The molecule has 2 atom stereocenters. The van der Waals surface area contributed by atoms with Crippen LogP contribution >= 0.6 is 7.37 Å². The minimum absolute atomic E-state index is 0.0318. The van der Waals surface area contributed by atoms with Crippen molar-refractivity contribution in [3.05, 3.63) is 41.0 Å². The van der Waals surface area contributed by atoms with E-state index in [1.54, 1.807) is 6.92 Å². The molecule has 0 saturated carbocycles. The summed E-state index contributed by atoms with van der Waals surface area (Å²) in [5.41, 5.74) is 7.75. The van der Waals surface area contributed by atoms with Crippen LogP contribution in [0.2, 0.25) is 0 Å². The Morgan fingerprint density at radius 3 is 2.38 bits per heavy atom. The molecular formula is C17H24NO5P. The summed E-state index contributed by atoms with van der Waals surface area (Å²) in [4.78, 5) is 32.1. The summed E-state index contributed by atoms with van der Waals surface area (Å²) in [6.45, 7) is 3.71. The number of aliphatic carboxylic acids is 1. The van der Waals surface area contributed by atoms with E-state index in [1.807, 2.05) is 37.3 Å². The molecule has 4 N–H and O–H groups in total. The Morgan fingerprint density at radius 2 is 1.88 bits per heavy atom. The average molecular weight is 353 g/mol. The number of primary amides is 1. The van der Waals surface area contributed by atoms with Crippen molar-refractivity contribution in [2.24, 2.45) is 11.7 Å². The molecule has 0 fully saturated rings. The Hall–Kier alpha value is -1.91. The maximum Gasteiger partial charge on any atom is 0.307 e. The molecule has 0 spiro atoms. The quantitative estimate of drug-likeness (QED) is 0.590. The van der Waals surface area contributed by atoms with Crippen LogP contribution in [0.5, 0.6) is 0 Å². The van der Waals surface area contributed by atoms with Gasteiger partial charge in [-0.05, 0) is 25.8 Å². The first-order chi connectivity index (χ1) is 11.1. The Labute approximate surface area is 141 Å². The number of aryl methyl sites for hydroxylation is 1. The van der Waals surface area contributed by atoms with Gasteiger partial charge in [-0.2, -0.15) is 0 Å². The van der Waals surface area contributed by atoms with Crippen molar-refractivity contribution < 1.29 is 24.2 Å². The van der Waals surface area contributed by atoms with Crippen molar-refractivity contribution in [3.63, 3.8) is 0 Å². The minimum Gasteiger partial charge on any atom is -0.481 e. The lowest BCUT2D eigenvalue weighted by Crippen LogP contribution is -2.22. The number of benzene rings is 1. The van der Waals surface area contributed by atoms with Gasteiger partial charge >= 0.3 is 5.97 Å². The van der Waals surface area contributed by atoms with Gasteiger partial charge in [-0.25, -0.2) is 0 Å². The van der Waals surface area contributed by atoms with Crippen LogP contribution < -0.4 is 5.73 Å². The summed E-state index contributed by atoms with van der Waals surface area (Å²) in [5.74, 6) is -2.87. The number of rotatable bonds is 9. The molecule has 132 valence electrons. The number of carboxylic acids is 1. The lowest BCUT2D eigenvalue weighted by atomic mass is 10.1. The minimum atomic E-state index is -3.67. The van der Waals surface area contributed by atoms with E-state index >= 15 is 0 Å². The fourth-order valence-electron chi connectivity index (χ4n) is 2.40. The maximum absolute atomic E-state index is 12.4. The fourth-order valence-corrected chi connectivity index (χ4v) is 4.43. The van der Waals surface area contributed by atoms with E-state index in [1.165, 1.54) is 0 Å². The monoisotopic (exact) mass is 353 g/mol. The zero-order chi connectivity index (χ0) is 18.3. The molecule has 1 aromatic carbocycles. The molecule has 2 unspecified atom stereocenters. The molecule has 0 aliphatic heterocycles. The molecule has 1 amide bonds. The zero-order valence-electron chi connectivity index (χ0n) is 13.9. The van der Waals surface area contributed by atoms with Gasteiger partial charge in [-0.15, -0.1) is 0 Å². The van der Waals surface area contributed by atoms with Gasteiger partial charge in [0.2, 0.25) is 13.3 Å². The van der Waals surface area contributed by atoms with Crippen molar-refractivity contribution in [1.29, 1.82) is 0 Å². The predicted molar refractivity (Wildman–Crippen MR) is 93.9 cm³/mol. The summed E-state index contributed by atoms with van der Waals surface area (Å²) in [6.07, 6.45) is 1.21. The third-order valence-corrected chi connectivity index (χ3v) is 5.59. The normalized spacial score (nSPS) is 15.5. The number of allylic oxidation sites excluding steroid dienone is 1. The van der Waals surface area contributed by atoms with Crippen LogP contribution in [0.25, 0.3) is 6.08 Å². The fraction of sp³-hybridized carbons (Fsp3) is 0.412. The standard InChI is InChI=1S/C17H24NO5P/c1-12-3-5-14(6-4-12)9-13(2)10-24(22,23)11-15(17(20)21)7-8-16(18)19/h3-6,9,15H,7-8,10-11H2,1-2H3,(H2,18,19)(H,20,21)(H,22,23)/b13-9+. The van der Waals surface area contributed by atoms with Crippen molar-refractivity contribution >= 4 is 25.3 Å². The molecule has 0 aromatic heterocycles. The first-order valence-electron chi connectivity index (χ1n) is 7.65. The van der Waals surface area contributed by atoms with Crippen LogP contribution in [0.1, 0.15) is 30.9 Å². The summed E-state index contributed by atoms with van der Waals surface area (Å²) < 4.78 is 12.4. The van der Waals surface area contributed by atoms with Gasteiger partial charge in [0.1, 0.15) is 0 Å². The van der Waals surface area contributed by atoms with Crippen LogP contribution in [0.4, 0.5) is 0 Å². The van der Waals surface area contributed by atoms with E-state index in [-0.39, 0.29) is 25.2 Å². The van der Waals surface area contributed by atoms with Crippen molar-refractivity contribution in [3.8, 4) is 0 Å². The summed E-state index contributed by atoms with van der Waals surface area (Å²) in [5, 5.41) is 9.15. The topological polar surface area (TPSA) is 118 Å². The Kier molecular flexibility index (Phi) is 7.39. The van der Waals surface area contributed by atoms with Gasteiger partial charge in [0.05, 0.1) is 5.92 Å². The SMILES string of the molecule is C/C(=C\c1ccc(C)cc1)CP(=O)(O)CC(CCC(N)=O)C(=O)O. The van der Waals surface area contributed by atoms with E-state index in [0.717, 1.165) is 11.1 Å². The number of carboxylic acid groups (broad SMARTS) is 1. The van der Waals surface area contributed by atoms with E-state index in [2.05, 4.69) is 0 Å². The number of hydrogen-bond donors (Lipinski definition) is 3. The largest absolute Gasteiger partial charge is 0.481 e. The highest BCUT2D eigenvalue weighted by atomic mass is 31.2. The lowest BCUT2D eigenvalue weighted by molar-refractivity contribution is -0.141. The summed E-state index contributed by atoms with van der Waals surface area (Å²) in [7, 11) is -3.67. The Bertz CT molecular complexity index is 666. The van der Waals surface area contributed by atoms with Crippen LogP contribution in [0, 0.1) is 12.8 Å². The van der Waals surface area contributed by atoms with Gasteiger partial charge < -0.3 is 15.7 Å². The van der Waals surface area contributed by atoms with Crippen molar-refractivity contribution in [2.75, 3.05) is 12.3 Å². The molecule has 6 nitrogen and oxygen atoms in total. The van der Waals surface area contributed by atoms with Gasteiger partial charge in [0, 0.05) is 18.7 Å². The number of carbonyl (C=O) groups excluding carboxylic acids is 1. The highest BCUT2D eigenvalue weighted by Crippen LogP contribution is 2.45. The molecule has 0 saturated heterocycles. The summed E-state index contributed by atoms with van der Waals surface area (Å²) in [6, 6.07) is 7.71. The van der Waals surface area contributed by atoms with E-state index in [4.69, 9.17) is 10.8 Å². The molecule has 0 bridgehead atoms. The molecule has 1 aromatic rings. The zero-order valence-corrected chi connectivity index (χ0v) is 14.8. The average Bonchev–Trinajstić information content (AvgIpc) is 2.44. The van der Waals surface area contributed by atoms with Crippen LogP contribution in [0.3, 0.4) is 0 Å². The van der Waals surface area contributed by atoms with Gasteiger partial charge in [0.25, 0.3) is 0 Å². The van der Waals surface area contributed by atoms with Crippen LogP contribution in [-0.4, -0.2) is 34.2 Å². The summed E-state index contributed by atoms with van der Waals surface area (Å²) >= 11 is 0. The molecule has 0 radical (unpaired) electrons. The van der Waals surface area contributed by atoms with Crippen molar-refractivity contribution in [2.45, 2.75) is 26.7 Å². The molecule has 0 aliphatic carbocycles. The van der Waals surface area contributed by atoms with E-state index < -0.39 is 25.2 Å². The second-order valence-corrected chi connectivity index (χ2v) is 8.50. The van der Waals surface area contributed by atoms with Crippen LogP contribution in [-0.2, 0) is 14.2 Å². The van der Waals surface area contributed by atoms with Gasteiger partial charge in [0.15, 0.2) is 0 Å². The Morgan fingerprint density at radius 1 is 1.29 bits per heavy atom. The van der Waals surface area contributed by atoms with Gasteiger partial charge in [-0.1, -0.05) is 41.5 Å². The second-order valence-electron chi connectivity index (χ2n) is 6.13. The highest BCUT2D eigenvalue weighted by molar-refractivity contribution is 7.58. The lowest BCUT2D eigenvalue weighted by Gasteiger charge is -2.17. The number of nitrogens with two attached hydrogens (primary N) is 1. The number of carbonyl (C=O) groups is 2. The highest BCUT2D eigenvalue weighted by Gasteiger charge is 2.29. The second kappa shape index (κ2) is 8.81. The molecule has 7 heteroatoms. The maximum atomic E-state index is 12.4. The Balaban J connectivity index is 2.75.